The topological polar surface area (TPSA) is 103 Å². The monoisotopic (exact) mass is 399 g/mol. The molecule has 0 atom stereocenters. The van der Waals surface area contributed by atoms with Crippen LogP contribution in [0.1, 0.15) is 28.5 Å². The summed E-state index contributed by atoms with van der Waals surface area (Å²) >= 11 is 5.62. The van der Waals surface area contributed by atoms with Gasteiger partial charge in [0.25, 0.3) is 0 Å². The number of hydrogen-bond donors (Lipinski definition) is 1. The second kappa shape index (κ2) is 6.00. The SMILES string of the molecule is CC(=O)c1c(C)n(OS(=O)(=O)O)c2c(C(F)(F)F)cc(Cl)cc2c1=O. The lowest BCUT2D eigenvalue weighted by atomic mass is 10.0. The van der Waals surface area contributed by atoms with Crippen molar-refractivity contribution >= 4 is 38.7 Å². The van der Waals surface area contributed by atoms with Gasteiger partial charge >= 0.3 is 16.6 Å². The van der Waals surface area contributed by atoms with Gasteiger partial charge in [-0.25, -0.2) is 0 Å². The molecule has 0 fully saturated rings. The number of rotatable bonds is 3. The van der Waals surface area contributed by atoms with Crippen molar-refractivity contribution in [2.75, 3.05) is 0 Å². The molecule has 0 spiro atoms. The highest BCUT2D eigenvalue weighted by Gasteiger charge is 2.36. The van der Waals surface area contributed by atoms with Crippen LogP contribution in [0.4, 0.5) is 13.2 Å². The van der Waals surface area contributed by atoms with Crippen molar-refractivity contribution in [3.05, 3.63) is 44.2 Å². The van der Waals surface area contributed by atoms with Crippen LogP contribution in [-0.4, -0.2) is 23.5 Å². The number of fused-ring (bicyclic) bond motifs is 1. The predicted octanol–water partition coefficient (Wildman–Crippen LogP) is 2.42. The molecule has 25 heavy (non-hydrogen) atoms. The quantitative estimate of drug-likeness (QED) is 0.628. The Morgan fingerprint density at radius 3 is 2.32 bits per heavy atom. The summed E-state index contributed by atoms with van der Waals surface area (Å²) < 4.78 is 75.1. The second-order valence-corrected chi connectivity index (χ2v) is 6.43. The van der Waals surface area contributed by atoms with E-state index in [4.69, 9.17) is 16.2 Å². The van der Waals surface area contributed by atoms with Crippen molar-refractivity contribution in [1.82, 2.24) is 4.73 Å². The first-order valence-corrected chi connectivity index (χ1v) is 8.12. The zero-order valence-electron chi connectivity index (χ0n) is 12.5. The highest BCUT2D eigenvalue weighted by molar-refractivity contribution is 7.81. The van der Waals surface area contributed by atoms with Crippen molar-refractivity contribution < 1.29 is 35.2 Å². The average Bonchev–Trinajstić information content (AvgIpc) is 2.40. The predicted molar refractivity (Wildman–Crippen MR) is 81.1 cm³/mol. The molecule has 2 aromatic rings. The standard InChI is InChI=1S/C13H9ClF3NO6S/c1-5-10(6(2)19)12(20)8-3-7(14)4-9(13(15,16)17)11(8)18(5)24-25(21,22)23/h3-4H,1-2H3,(H,21,22,23). The molecule has 12 heteroatoms. The Morgan fingerprint density at radius 1 is 1.32 bits per heavy atom. The van der Waals surface area contributed by atoms with Gasteiger partial charge in [-0.15, -0.1) is 0 Å². The summed E-state index contributed by atoms with van der Waals surface area (Å²) in [6, 6.07) is 1.30. The van der Waals surface area contributed by atoms with Crippen LogP contribution in [-0.2, 0) is 16.6 Å². The molecular weight excluding hydrogens is 391 g/mol. The summed E-state index contributed by atoms with van der Waals surface area (Å²) in [7, 11) is -5.27. The van der Waals surface area contributed by atoms with E-state index in [1.807, 2.05) is 0 Å². The first-order valence-electron chi connectivity index (χ1n) is 6.38. The summed E-state index contributed by atoms with van der Waals surface area (Å²) in [5.74, 6) is -0.842. The number of Topliss-reactive ketones (excluding diaryl/α,β-unsaturated/α-hetero) is 1. The molecule has 0 unspecified atom stereocenters. The Morgan fingerprint density at radius 2 is 1.88 bits per heavy atom. The smallest absolute Gasteiger partial charge is 0.294 e. The normalized spacial score (nSPS) is 12.4. The Labute approximate surface area is 143 Å². The number of carbonyl (C=O) groups excluding carboxylic acids is 1. The fourth-order valence-electron chi connectivity index (χ4n) is 2.38. The molecule has 7 nitrogen and oxygen atoms in total. The van der Waals surface area contributed by atoms with Crippen LogP contribution in [0.2, 0.25) is 5.02 Å². The Balaban J connectivity index is 3.20. The molecule has 0 aliphatic heterocycles. The van der Waals surface area contributed by atoms with Gasteiger partial charge < -0.3 is 0 Å². The van der Waals surface area contributed by atoms with Gasteiger partial charge in [0.2, 0.25) is 5.43 Å². The zero-order valence-corrected chi connectivity index (χ0v) is 14.1. The number of hydrogen-bond acceptors (Lipinski definition) is 5. The number of aromatic nitrogens is 1. The Kier molecular flexibility index (Phi) is 4.61. The number of carbonyl (C=O) groups is 1. The molecule has 0 saturated carbocycles. The maximum Gasteiger partial charge on any atom is 0.465 e. The van der Waals surface area contributed by atoms with Crippen molar-refractivity contribution in [2.24, 2.45) is 0 Å². The molecule has 1 aromatic heterocycles. The average molecular weight is 400 g/mol. The molecular formula is C13H9ClF3NO6S. The highest BCUT2D eigenvalue weighted by atomic mass is 35.5. The van der Waals surface area contributed by atoms with Gasteiger partial charge in [0.15, 0.2) is 5.78 Å². The third-order valence-corrected chi connectivity index (χ3v) is 3.80. The van der Waals surface area contributed by atoms with Gasteiger partial charge in [-0.2, -0.15) is 26.3 Å². The van der Waals surface area contributed by atoms with E-state index in [-0.39, 0.29) is 4.73 Å². The number of nitrogens with zero attached hydrogens (tertiary/aromatic N) is 1. The lowest BCUT2D eigenvalue weighted by molar-refractivity contribution is -0.136. The van der Waals surface area contributed by atoms with E-state index in [0.29, 0.717) is 6.07 Å². The lowest BCUT2D eigenvalue weighted by Crippen LogP contribution is -2.29. The lowest BCUT2D eigenvalue weighted by Gasteiger charge is -2.19. The summed E-state index contributed by atoms with van der Waals surface area (Å²) in [4.78, 5) is 24.1. The maximum absolute atomic E-state index is 13.3. The second-order valence-electron chi connectivity index (χ2n) is 4.99. The van der Waals surface area contributed by atoms with Crippen LogP contribution in [0.25, 0.3) is 10.9 Å². The van der Waals surface area contributed by atoms with E-state index in [2.05, 4.69) is 4.28 Å². The first-order chi connectivity index (χ1) is 11.2. The maximum atomic E-state index is 13.3. The van der Waals surface area contributed by atoms with Crippen molar-refractivity contribution in [3.8, 4) is 0 Å². The van der Waals surface area contributed by atoms with E-state index in [1.165, 1.54) is 0 Å². The van der Waals surface area contributed by atoms with Crippen LogP contribution < -0.4 is 9.71 Å². The van der Waals surface area contributed by atoms with Crippen LogP contribution in [0, 0.1) is 6.92 Å². The Bertz CT molecular complexity index is 1060. The zero-order chi connectivity index (χ0) is 19.3. The molecule has 2 rings (SSSR count). The van der Waals surface area contributed by atoms with E-state index in [1.54, 1.807) is 0 Å². The van der Waals surface area contributed by atoms with Gasteiger partial charge in [0.1, 0.15) is 5.52 Å². The van der Waals surface area contributed by atoms with Crippen LogP contribution in [0.15, 0.2) is 16.9 Å². The van der Waals surface area contributed by atoms with Gasteiger partial charge in [-0.1, -0.05) is 11.6 Å². The minimum Gasteiger partial charge on any atom is -0.294 e. The molecule has 0 aliphatic carbocycles. The van der Waals surface area contributed by atoms with Crippen LogP contribution in [0.3, 0.4) is 0 Å². The van der Waals surface area contributed by atoms with Gasteiger partial charge in [-0.05, 0) is 26.0 Å². The minimum atomic E-state index is -5.27. The number of benzene rings is 1. The summed E-state index contributed by atoms with van der Waals surface area (Å²) in [6.45, 7) is 1.96. The van der Waals surface area contributed by atoms with E-state index in [9.17, 15) is 31.2 Å². The number of ketones is 1. The summed E-state index contributed by atoms with van der Waals surface area (Å²) in [6.07, 6.45) is -5.04. The molecule has 0 radical (unpaired) electrons. The van der Waals surface area contributed by atoms with E-state index < -0.39 is 60.5 Å². The number of alkyl halides is 3. The molecule has 0 aliphatic rings. The van der Waals surface area contributed by atoms with Crippen molar-refractivity contribution in [2.45, 2.75) is 20.0 Å². The van der Waals surface area contributed by atoms with Gasteiger partial charge in [-0.3, -0.25) is 18.4 Å². The largest absolute Gasteiger partial charge is 0.465 e. The third-order valence-electron chi connectivity index (χ3n) is 3.24. The number of halogens is 4. The van der Waals surface area contributed by atoms with Crippen molar-refractivity contribution in [3.63, 3.8) is 0 Å². The highest BCUT2D eigenvalue weighted by Crippen LogP contribution is 2.36. The van der Waals surface area contributed by atoms with Crippen molar-refractivity contribution in [1.29, 1.82) is 0 Å². The molecule has 1 aromatic carbocycles. The third kappa shape index (κ3) is 3.62. The fraction of sp³-hybridized carbons (Fsp3) is 0.231. The Hall–Kier alpha value is -2.11. The molecule has 1 heterocycles. The molecule has 0 bridgehead atoms. The minimum absolute atomic E-state index is 0.0714. The van der Waals surface area contributed by atoms with Crippen LogP contribution in [0.5, 0.6) is 0 Å². The molecule has 0 amide bonds. The first kappa shape index (κ1) is 19.2. The van der Waals surface area contributed by atoms with Gasteiger partial charge in [0, 0.05) is 5.02 Å². The van der Waals surface area contributed by atoms with Crippen LogP contribution >= 0.6 is 11.6 Å². The van der Waals surface area contributed by atoms with Gasteiger partial charge in [0.05, 0.1) is 22.2 Å². The summed E-state index contributed by atoms with van der Waals surface area (Å²) in [5, 5.41) is -1.16. The fourth-order valence-corrected chi connectivity index (χ4v) is 2.97. The molecule has 136 valence electrons. The van der Waals surface area contributed by atoms with E-state index >= 15 is 0 Å². The molecule has 1 N–H and O–H groups in total. The van der Waals surface area contributed by atoms with E-state index in [0.717, 1.165) is 19.9 Å². The molecule has 0 saturated heterocycles. The number of pyridine rings is 1. The summed E-state index contributed by atoms with van der Waals surface area (Å²) in [5.41, 5.74) is -4.69.